The van der Waals surface area contributed by atoms with Crippen LogP contribution in [0.1, 0.15) is 59.7 Å². The molecule has 0 aromatic heterocycles. The molecule has 1 atom stereocenters. The third-order valence-corrected chi connectivity index (χ3v) is 6.31. The minimum Gasteiger partial charge on any atom is -0.465 e. The lowest BCUT2D eigenvalue weighted by Gasteiger charge is -2.27. The fourth-order valence-electron chi connectivity index (χ4n) is 4.39. The first-order chi connectivity index (χ1) is 18.1. The zero-order valence-electron chi connectivity index (χ0n) is 21.4. The second kappa shape index (κ2) is 13.3. The van der Waals surface area contributed by atoms with Gasteiger partial charge in [0.05, 0.1) is 18.7 Å². The van der Waals surface area contributed by atoms with Crippen LogP contribution in [-0.2, 0) is 28.7 Å². The number of carbonyl (C=O) groups is 2. The van der Waals surface area contributed by atoms with Crippen molar-refractivity contribution in [2.24, 2.45) is 16.5 Å². The van der Waals surface area contributed by atoms with E-state index in [1.165, 1.54) is 18.2 Å². The summed E-state index contributed by atoms with van der Waals surface area (Å²) >= 11 is 0. The summed E-state index contributed by atoms with van der Waals surface area (Å²) in [6.07, 6.45) is -0.414. The smallest absolute Gasteiger partial charge is 0.416 e. The number of hydrogen-bond donors (Lipinski definition) is 3. The predicted octanol–water partition coefficient (Wildman–Crippen LogP) is 3.76. The van der Waals surface area contributed by atoms with Crippen LogP contribution in [0, 0.1) is 0 Å². The fraction of sp³-hybridized carbons (Fsp3) is 0.444. The number of nitrogens with zero attached hydrogens (tertiary/aromatic N) is 2. The van der Waals surface area contributed by atoms with Crippen molar-refractivity contribution >= 4 is 23.5 Å². The van der Waals surface area contributed by atoms with Crippen molar-refractivity contribution in [3.05, 3.63) is 64.7 Å². The van der Waals surface area contributed by atoms with Crippen molar-refractivity contribution in [3.63, 3.8) is 0 Å². The van der Waals surface area contributed by atoms with E-state index in [0.717, 1.165) is 37.3 Å². The molecule has 0 radical (unpaired) electrons. The highest BCUT2D eigenvalue weighted by Gasteiger charge is 2.35. The van der Waals surface area contributed by atoms with Crippen LogP contribution in [0.25, 0.3) is 0 Å². The van der Waals surface area contributed by atoms with Crippen molar-refractivity contribution in [1.82, 2.24) is 5.32 Å². The van der Waals surface area contributed by atoms with Gasteiger partial charge in [-0.05, 0) is 56.0 Å². The zero-order chi connectivity index (χ0) is 27.7. The maximum atomic E-state index is 13.8. The molecule has 5 N–H and O–H groups in total. The van der Waals surface area contributed by atoms with E-state index >= 15 is 0 Å². The summed E-state index contributed by atoms with van der Waals surface area (Å²) in [7, 11) is 0. The highest BCUT2D eigenvalue weighted by atomic mass is 19.4. The molecule has 38 heavy (non-hydrogen) atoms. The molecule has 206 valence electrons. The van der Waals surface area contributed by atoms with Crippen LogP contribution in [-0.4, -0.2) is 43.6 Å². The van der Waals surface area contributed by atoms with Gasteiger partial charge < -0.3 is 21.1 Å². The molecular formula is C27H34F3N5O3. The predicted molar refractivity (Wildman–Crippen MR) is 140 cm³/mol. The lowest BCUT2D eigenvalue weighted by Crippen LogP contribution is -2.37. The number of esters is 1. The molecule has 2 aromatic rings. The number of guanidine groups is 1. The van der Waals surface area contributed by atoms with Crippen molar-refractivity contribution in [2.45, 2.75) is 57.8 Å². The number of ether oxygens (including phenoxy) is 1. The van der Waals surface area contributed by atoms with Crippen molar-refractivity contribution in [1.29, 1.82) is 0 Å². The van der Waals surface area contributed by atoms with Gasteiger partial charge in [-0.15, -0.1) is 0 Å². The number of rotatable bonds is 8. The van der Waals surface area contributed by atoms with Crippen LogP contribution in [0.4, 0.5) is 18.9 Å². The first-order valence-corrected chi connectivity index (χ1v) is 12.7. The highest BCUT2D eigenvalue weighted by molar-refractivity contribution is 6.05. The summed E-state index contributed by atoms with van der Waals surface area (Å²) in [4.78, 5) is 30.4. The third kappa shape index (κ3) is 7.95. The molecule has 1 fully saturated rings. The molecule has 0 bridgehead atoms. The number of halogens is 3. The Labute approximate surface area is 220 Å². The van der Waals surface area contributed by atoms with Gasteiger partial charge in [-0.3, -0.25) is 14.9 Å². The number of amides is 1. The van der Waals surface area contributed by atoms with Crippen LogP contribution >= 0.6 is 0 Å². The standard InChI is InChI=1S/C27H34F3N5O3/c1-2-38-25(37)22(31)16-18-10-12-19(13-11-18)24(36)34-26(32)33-17-20-21(27(28,29)30)8-7-9-23(20)35-14-5-3-4-6-15-35/h7-13,22H,2-6,14-17,31H2,1H3,(H3,32,33,34,36)/t22-/m0/s1. The average Bonchev–Trinajstić information content (AvgIpc) is 3.17. The Kier molecular flexibility index (Phi) is 10.1. The lowest BCUT2D eigenvalue weighted by molar-refractivity contribution is -0.144. The summed E-state index contributed by atoms with van der Waals surface area (Å²) in [5, 5.41) is 2.42. The fourth-order valence-corrected chi connectivity index (χ4v) is 4.39. The Morgan fingerprint density at radius 1 is 1.08 bits per heavy atom. The number of alkyl halides is 3. The van der Waals surface area contributed by atoms with E-state index in [1.54, 1.807) is 25.1 Å². The minimum absolute atomic E-state index is 0.0291. The Morgan fingerprint density at radius 3 is 2.34 bits per heavy atom. The van der Waals surface area contributed by atoms with Crippen LogP contribution in [0.3, 0.4) is 0 Å². The van der Waals surface area contributed by atoms with E-state index in [2.05, 4.69) is 10.3 Å². The van der Waals surface area contributed by atoms with Gasteiger partial charge in [-0.25, -0.2) is 4.99 Å². The normalized spacial score (nSPS) is 15.5. The van der Waals surface area contributed by atoms with Crippen LogP contribution in [0.5, 0.6) is 0 Å². The Morgan fingerprint density at radius 2 is 1.74 bits per heavy atom. The number of carbonyl (C=O) groups excluding carboxylic acids is 2. The molecule has 0 aliphatic carbocycles. The Hall–Kier alpha value is -3.60. The van der Waals surface area contributed by atoms with Crippen molar-refractivity contribution in [3.8, 4) is 0 Å². The first-order valence-electron chi connectivity index (χ1n) is 12.7. The van der Waals surface area contributed by atoms with Gasteiger partial charge >= 0.3 is 12.1 Å². The maximum Gasteiger partial charge on any atom is 0.416 e. The molecule has 1 heterocycles. The Bertz CT molecular complexity index is 1130. The molecule has 0 spiro atoms. The van der Waals surface area contributed by atoms with Gasteiger partial charge in [0.15, 0.2) is 5.96 Å². The second-order valence-corrected chi connectivity index (χ2v) is 9.12. The van der Waals surface area contributed by atoms with E-state index < -0.39 is 29.7 Å². The second-order valence-electron chi connectivity index (χ2n) is 9.12. The van der Waals surface area contributed by atoms with Gasteiger partial charge in [0.25, 0.3) is 5.91 Å². The van der Waals surface area contributed by atoms with Gasteiger partial charge in [0.2, 0.25) is 0 Å². The average molecular weight is 534 g/mol. The number of nitrogens with two attached hydrogens (primary N) is 2. The third-order valence-electron chi connectivity index (χ3n) is 6.31. The molecule has 1 aliphatic rings. The highest BCUT2D eigenvalue weighted by Crippen LogP contribution is 2.37. The minimum atomic E-state index is -4.55. The molecule has 1 aliphatic heterocycles. The number of anilines is 1. The zero-order valence-corrected chi connectivity index (χ0v) is 21.4. The number of hydrogen-bond acceptors (Lipinski definition) is 6. The largest absolute Gasteiger partial charge is 0.465 e. The number of nitrogens with one attached hydrogen (secondary N) is 1. The van der Waals surface area contributed by atoms with Gasteiger partial charge in [0.1, 0.15) is 6.04 Å². The molecule has 0 saturated carbocycles. The number of benzene rings is 2. The summed E-state index contributed by atoms with van der Waals surface area (Å²) < 4.78 is 46.4. The topological polar surface area (TPSA) is 123 Å². The van der Waals surface area contributed by atoms with E-state index in [0.29, 0.717) is 18.8 Å². The van der Waals surface area contributed by atoms with E-state index in [9.17, 15) is 22.8 Å². The first kappa shape index (κ1) is 29.0. The SMILES string of the molecule is CCOC(=O)[C@@H](N)Cc1ccc(C(=O)NC(N)=NCc2c(N3CCCCCC3)cccc2C(F)(F)F)cc1. The van der Waals surface area contributed by atoms with Crippen molar-refractivity contribution in [2.75, 3.05) is 24.6 Å². The molecule has 0 unspecified atom stereocenters. The summed E-state index contributed by atoms with van der Waals surface area (Å²) in [5.74, 6) is -1.36. The van der Waals surface area contributed by atoms with Gasteiger partial charge in [0, 0.05) is 29.9 Å². The number of aliphatic imine (C=N–C) groups is 1. The monoisotopic (exact) mass is 533 g/mol. The molecule has 8 nitrogen and oxygen atoms in total. The summed E-state index contributed by atoms with van der Waals surface area (Å²) in [6, 6.07) is 9.66. The quantitative estimate of drug-likeness (QED) is 0.270. The van der Waals surface area contributed by atoms with Crippen LogP contribution in [0.2, 0.25) is 0 Å². The molecule has 1 saturated heterocycles. The van der Waals surface area contributed by atoms with Gasteiger partial charge in [-0.2, -0.15) is 13.2 Å². The lowest BCUT2D eigenvalue weighted by atomic mass is 10.0. The van der Waals surface area contributed by atoms with E-state index in [-0.39, 0.29) is 36.7 Å². The Balaban J connectivity index is 1.71. The van der Waals surface area contributed by atoms with Crippen LogP contribution in [0.15, 0.2) is 47.5 Å². The summed E-state index contributed by atoms with van der Waals surface area (Å²) in [5.41, 5.74) is 12.5. The van der Waals surface area contributed by atoms with Crippen molar-refractivity contribution < 1.29 is 27.5 Å². The van der Waals surface area contributed by atoms with E-state index in [1.807, 2.05) is 4.90 Å². The van der Waals surface area contributed by atoms with Gasteiger partial charge in [-0.1, -0.05) is 31.0 Å². The molecule has 3 rings (SSSR count). The maximum absolute atomic E-state index is 13.8. The van der Waals surface area contributed by atoms with Crippen LogP contribution < -0.4 is 21.7 Å². The van der Waals surface area contributed by atoms with E-state index in [4.69, 9.17) is 16.2 Å². The molecule has 11 heteroatoms. The summed E-state index contributed by atoms with van der Waals surface area (Å²) in [6.45, 7) is 2.93. The molecule has 1 amide bonds. The molecular weight excluding hydrogens is 499 g/mol. The molecule has 2 aromatic carbocycles.